The van der Waals surface area contributed by atoms with Gasteiger partial charge in [0.15, 0.2) is 0 Å². The number of methoxy groups -OCH3 is 1. The number of hydrogen-bond donors (Lipinski definition) is 1. The summed E-state index contributed by atoms with van der Waals surface area (Å²) in [5.74, 6) is 0.857. The zero-order chi connectivity index (χ0) is 17.4. The van der Waals surface area contributed by atoms with Crippen LogP contribution in [0.5, 0.6) is 5.75 Å². The Morgan fingerprint density at radius 1 is 0.958 bits per heavy atom. The van der Waals surface area contributed by atoms with E-state index in [1.54, 1.807) is 7.11 Å². The van der Waals surface area contributed by atoms with Crippen molar-refractivity contribution in [1.29, 1.82) is 0 Å². The number of aliphatic hydroxyl groups excluding tert-OH is 1. The summed E-state index contributed by atoms with van der Waals surface area (Å²) < 4.78 is 5.46. The van der Waals surface area contributed by atoms with E-state index in [2.05, 4.69) is 30.9 Å². The third-order valence-corrected chi connectivity index (χ3v) is 4.58. The molecule has 0 aliphatic heterocycles. The van der Waals surface area contributed by atoms with Gasteiger partial charge in [0, 0.05) is 11.9 Å². The highest BCUT2D eigenvalue weighted by molar-refractivity contribution is 5.91. The fourth-order valence-corrected chi connectivity index (χ4v) is 3.16. The third kappa shape index (κ3) is 4.71. The molecule has 2 aromatic carbocycles. The van der Waals surface area contributed by atoms with E-state index in [9.17, 15) is 5.11 Å². The van der Waals surface area contributed by atoms with E-state index in [4.69, 9.17) is 4.74 Å². The summed E-state index contributed by atoms with van der Waals surface area (Å²) in [5, 5.41) is 13.0. The van der Waals surface area contributed by atoms with E-state index >= 15 is 0 Å². The summed E-state index contributed by atoms with van der Waals surface area (Å²) in [6, 6.07) is 12.1. The minimum atomic E-state index is -0.477. The van der Waals surface area contributed by atoms with Crippen molar-refractivity contribution in [2.45, 2.75) is 45.6 Å². The minimum Gasteiger partial charge on any atom is -0.496 e. The molecular weight excluding hydrogens is 298 g/mol. The first-order valence-electron chi connectivity index (χ1n) is 9.17. The molecule has 24 heavy (non-hydrogen) atoms. The van der Waals surface area contributed by atoms with Crippen molar-refractivity contribution in [2.24, 2.45) is 0 Å². The highest BCUT2D eigenvalue weighted by Gasteiger charge is 2.16. The van der Waals surface area contributed by atoms with Crippen molar-refractivity contribution in [3.8, 4) is 5.75 Å². The number of rotatable bonds is 10. The first-order valence-corrected chi connectivity index (χ1v) is 9.17. The predicted molar refractivity (Wildman–Crippen MR) is 102 cm³/mol. The van der Waals surface area contributed by atoms with Gasteiger partial charge in [-0.2, -0.15) is 0 Å². The second-order valence-electron chi connectivity index (χ2n) is 6.43. The van der Waals surface area contributed by atoms with Crippen LogP contribution in [0.25, 0.3) is 10.8 Å². The summed E-state index contributed by atoms with van der Waals surface area (Å²) in [6.07, 6.45) is 4.25. The van der Waals surface area contributed by atoms with Gasteiger partial charge in [0.1, 0.15) is 5.75 Å². The van der Waals surface area contributed by atoms with Gasteiger partial charge in [0.2, 0.25) is 0 Å². The topological polar surface area (TPSA) is 32.7 Å². The number of benzene rings is 2. The Hall–Kier alpha value is -1.58. The molecule has 0 heterocycles. The Bertz CT molecular complexity index is 618. The molecule has 0 radical (unpaired) electrons. The normalized spacial score (nSPS) is 12.7. The molecule has 3 nitrogen and oxygen atoms in total. The Kier molecular flexibility index (Phi) is 7.54. The van der Waals surface area contributed by atoms with Gasteiger partial charge in [-0.25, -0.2) is 0 Å². The molecule has 0 aromatic heterocycles. The maximum Gasteiger partial charge on any atom is 0.126 e. The van der Waals surface area contributed by atoms with Crippen molar-refractivity contribution >= 4 is 10.8 Å². The van der Waals surface area contributed by atoms with Crippen molar-refractivity contribution in [1.82, 2.24) is 4.90 Å². The zero-order valence-electron chi connectivity index (χ0n) is 15.3. The summed E-state index contributed by atoms with van der Waals surface area (Å²) >= 11 is 0. The Labute approximate surface area is 146 Å². The molecule has 1 N–H and O–H groups in total. The largest absolute Gasteiger partial charge is 0.496 e. The van der Waals surface area contributed by atoms with E-state index in [1.807, 2.05) is 24.3 Å². The van der Waals surface area contributed by atoms with Crippen LogP contribution < -0.4 is 4.74 Å². The lowest BCUT2D eigenvalue weighted by Gasteiger charge is -2.26. The van der Waals surface area contributed by atoms with Crippen molar-refractivity contribution in [3.05, 3.63) is 42.0 Å². The minimum absolute atomic E-state index is 0.477. The van der Waals surface area contributed by atoms with Crippen LogP contribution in [-0.4, -0.2) is 36.8 Å². The van der Waals surface area contributed by atoms with E-state index in [0.717, 1.165) is 35.2 Å². The maximum atomic E-state index is 10.9. The van der Waals surface area contributed by atoms with Crippen molar-refractivity contribution in [2.75, 3.05) is 26.7 Å². The monoisotopic (exact) mass is 329 g/mol. The van der Waals surface area contributed by atoms with Crippen LogP contribution in [0, 0.1) is 0 Å². The molecule has 0 bridgehead atoms. The van der Waals surface area contributed by atoms with E-state index in [-0.39, 0.29) is 0 Å². The first-order chi connectivity index (χ1) is 11.7. The summed E-state index contributed by atoms with van der Waals surface area (Å²) in [5.41, 5.74) is 0.990. The standard InChI is InChI=1S/C21H31NO2/c1-4-6-14-22(15-7-5-2)16-20(23)18-12-13-21(24-3)19-11-9-8-10-17(18)19/h8-13,20,23H,4-7,14-16H2,1-3H3. The highest BCUT2D eigenvalue weighted by Crippen LogP contribution is 2.31. The molecule has 0 amide bonds. The van der Waals surface area contributed by atoms with Gasteiger partial charge in [-0.1, -0.05) is 57.0 Å². The van der Waals surface area contributed by atoms with E-state index in [0.29, 0.717) is 6.54 Å². The fourth-order valence-electron chi connectivity index (χ4n) is 3.16. The Balaban J connectivity index is 2.21. The van der Waals surface area contributed by atoms with Crippen LogP contribution in [0.3, 0.4) is 0 Å². The van der Waals surface area contributed by atoms with Crippen LogP contribution in [0.2, 0.25) is 0 Å². The molecule has 0 saturated carbocycles. The molecule has 2 aromatic rings. The summed E-state index contributed by atoms with van der Waals surface area (Å²) in [7, 11) is 1.69. The van der Waals surface area contributed by atoms with Crippen LogP contribution in [0.15, 0.2) is 36.4 Å². The predicted octanol–water partition coefficient (Wildman–Crippen LogP) is 4.78. The second-order valence-corrected chi connectivity index (χ2v) is 6.43. The van der Waals surface area contributed by atoms with Gasteiger partial charge in [-0.05, 0) is 42.9 Å². The average molecular weight is 329 g/mol. The molecule has 0 fully saturated rings. The van der Waals surface area contributed by atoms with Crippen molar-refractivity contribution < 1.29 is 9.84 Å². The maximum absolute atomic E-state index is 10.9. The number of aliphatic hydroxyl groups is 1. The van der Waals surface area contributed by atoms with Gasteiger partial charge in [-0.3, -0.25) is 0 Å². The second kappa shape index (κ2) is 9.65. The van der Waals surface area contributed by atoms with Crippen LogP contribution >= 0.6 is 0 Å². The van der Waals surface area contributed by atoms with Crippen LogP contribution in [0.1, 0.15) is 51.2 Å². The average Bonchev–Trinajstić information content (AvgIpc) is 2.62. The molecule has 132 valence electrons. The number of ether oxygens (including phenoxy) is 1. The SMILES string of the molecule is CCCCN(CCCC)CC(O)c1ccc(OC)c2ccccc12. The molecule has 1 atom stereocenters. The molecule has 0 saturated heterocycles. The highest BCUT2D eigenvalue weighted by atomic mass is 16.5. The quantitative estimate of drug-likeness (QED) is 0.680. The first kappa shape index (κ1) is 18.8. The summed E-state index contributed by atoms with van der Waals surface area (Å²) in [6.45, 7) is 7.23. The zero-order valence-corrected chi connectivity index (χ0v) is 15.3. The smallest absolute Gasteiger partial charge is 0.126 e. The van der Waals surface area contributed by atoms with Crippen LogP contribution in [-0.2, 0) is 0 Å². The van der Waals surface area contributed by atoms with Gasteiger partial charge in [0.25, 0.3) is 0 Å². The van der Waals surface area contributed by atoms with Crippen molar-refractivity contribution in [3.63, 3.8) is 0 Å². The Morgan fingerprint density at radius 2 is 1.58 bits per heavy atom. The lowest BCUT2D eigenvalue weighted by molar-refractivity contribution is 0.112. The van der Waals surface area contributed by atoms with Gasteiger partial charge in [0.05, 0.1) is 13.2 Å². The molecule has 2 rings (SSSR count). The molecule has 0 spiro atoms. The molecular formula is C21H31NO2. The lowest BCUT2D eigenvalue weighted by atomic mass is 9.99. The summed E-state index contributed by atoms with van der Waals surface area (Å²) in [4.78, 5) is 2.40. The number of nitrogens with zero attached hydrogens (tertiary/aromatic N) is 1. The molecule has 0 aliphatic carbocycles. The number of unbranched alkanes of at least 4 members (excludes halogenated alkanes) is 2. The van der Waals surface area contributed by atoms with Gasteiger partial charge >= 0.3 is 0 Å². The molecule has 3 heteroatoms. The number of hydrogen-bond acceptors (Lipinski definition) is 3. The van der Waals surface area contributed by atoms with Gasteiger partial charge < -0.3 is 14.7 Å². The van der Waals surface area contributed by atoms with E-state index in [1.165, 1.54) is 25.7 Å². The molecule has 0 aliphatic rings. The lowest BCUT2D eigenvalue weighted by Crippen LogP contribution is -2.30. The van der Waals surface area contributed by atoms with E-state index < -0.39 is 6.10 Å². The Morgan fingerprint density at radius 3 is 2.17 bits per heavy atom. The molecule has 1 unspecified atom stereocenters. The number of fused-ring (bicyclic) bond motifs is 1. The van der Waals surface area contributed by atoms with Crippen LogP contribution in [0.4, 0.5) is 0 Å². The third-order valence-electron chi connectivity index (χ3n) is 4.58. The fraction of sp³-hybridized carbons (Fsp3) is 0.524. The van der Waals surface area contributed by atoms with Gasteiger partial charge in [-0.15, -0.1) is 0 Å².